The van der Waals surface area contributed by atoms with Gasteiger partial charge in [-0.05, 0) is 42.2 Å². The zero-order valence-corrected chi connectivity index (χ0v) is 13.8. The molecule has 2 aromatic carbocycles. The molecule has 2 nitrogen and oxygen atoms in total. The Morgan fingerprint density at radius 3 is 2.39 bits per heavy atom. The number of ether oxygens (including phenoxy) is 1. The molecule has 1 saturated carbocycles. The third-order valence-electron chi connectivity index (χ3n) is 4.29. The van der Waals surface area contributed by atoms with Gasteiger partial charge in [0, 0.05) is 11.5 Å². The molecule has 0 amide bonds. The molecule has 0 radical (unpaired) electrons. The predicted octanol–water partition coefficient (Wildman–Crippen LogP) is 4.83. The van der Waals surface area contributed by atoms with Gasteiger partial charge in [0.05, 0.1) is 12.5 Å². The molecule has 0 N–H and O–H groups in total. The van der Waals surface area contributed by atoms with Crippen LogP contribution in [0.25, 0.3) is 6.08 Å². The highest BCUT2D eigenvalue weighted by atomic mass is 35.5. The van der Waals surface area contributed by atoms with E-state index in [2.05, 4.69) is 12.1 Å². The van der Waals surface area contributed by atoms with Gasteiger partial charge in [0.1, 0.15) is 5.75 Å². The van der Waals surface area contributed by atoms with Gasteiger partial charge < -0.3 is 4.74 Å². The van der Waals surface area contributed by atoms with E-state index in [1.165, 1.54) is 5.56 Å². The highest BCUT2D eigenvalue weighted by Crippen LogP contribution is 2.38. The number of hydrogen-bond donors (Lipinski definition) is 0. The maximum Gasteiger partial charge on any atom is 0.177 e. The first-order valence-electron chi connectivity index (χ1n) is 7.78. The van der Waals surface area contributed by atoms with E-state index in [1.807, 2.05) is 48.5 Å². The van der Waals surface area contributed by atoms with Crippen LogP contribution in [-0.4, -0.2) is 18.3 Å². The Kier molecular flexibility index (Phi) is 4.82. The zero-order chi connectivity index (χ0) is 16.2. The van der Waals surface area contributed by atoms with Crippen molar-refractivity contribution in [3.05, 3.63) is 71.3 Å². The van der Waals surface area contributed by atoms with Gasteiger partial charge in [-0.3, -0.25) is 4.79 Å². The summed E-state index contributed by atoms with van der Waals surface area (Å²) in [6, 6.07) is 17.9. The van der Waals surface area contributed by atoms with E-state index in [4.69, 9.17) is 16.3 Å². The third kappa shape index (κ3) is 3.48. The number of hydrogen-bond acceptors (Lipinski definition) is 2. The summed E-state index contributed by atoms with van der Waals surface area (Å²) in [5.41, 5.74) is 2.96. The number of allylic oxidation sites excluding steroid dienone is 1. The number of Topliss-reactive ketones (excluding diaryl/α,β-unsaturated/α-hetero) is 1. The number of methoxy groups -OCH3 is 1. The van der Waals surface area contributed by atoms with Crippen LogP contribution in [0, 0.1) is 0 Å². The van der Waals surface area contributed by atoms with Gasteiger partial charge in [-0.1, -0.05) is 42.5 Å². The number of alkyl halides is 1. The van der Waals surface area contributed by atoms with Gasteiger partial charge in [0.2, 0.25) is 0 Å². The van der Waals surface area contributed by atoms with E-state index in [0.29, 0.717) is 0 Å². The summed E-state index contributed by atoms with van der Waals surface area (Å²) in [5, 5.41) is -0.417. The normalized spacial score (nSPS) is 23.0. The quantitative estimate of drug-likeness (QED) is 0.596. The summed E-state index contributed by atoms with van der Waals surface area (Å²) in [5.74, 6) is 0.959. The summed E-state index contributed by atoms with van der Waals surface area (Å²) in [6.45, 7) is 0. The molecule has 2 unspecified atom stereocenters. The van der Waals surface area contributed by atoms with Crippen molar-refractivity contribution >= 4 is 23.5 Å². The second-order valence-corrected chi connectivity index (χ2v) is 6.27. The van der Waals surface area contributed by atoms with Crippen LogP contribution in [-0.2, 0) is 4.79 Å². The van der Waals surface area contributed by atoms with Gasteiger partial charge in [-0.15, -0.1) is 11.6 Å². The van der Waals surface area contributed by atoms with Crippen LogP contribution in [0.5, 0.6) is 5.75 Å². The number of halogens is 1. The van der Waals surface area contributed by atoms with Crippen LogP contribution in [0.1, 0.15) is 29.9 Å². The van der Waals surface area contributed by atoms with Crippen LogP contribution in [0.4, 0.5) is 0 Å². The van der Waals surface area contributed by atoms with Crippen LogP contribution < -0.4 is 4.74 Å². The lowest BCUT2D eigenvalue weighted by Crippen LogP contribution is -2.27. The Labute approximate surface area is 141 Å². The molecule has 0 spiro atoms. The van der Waals surface area contributed by atoms with E-state index in [0.717, 1.165) is 29.7 Å². The first-order chi connectivity index (χ1) is 11.2. The van der Waals surface area contributed by atoms with E-state index in [-0.39, 0.29) is 11.7 Å². The van der Waals surface area contributed by atoms with Crippen LogP contribution >= 0.6 is 11.6 Å². The smallest absolute Gasteiger partial charge is 0.177 e. The lowest BCUT2D eigenvalue weighted by molar-refractivity contribution is -0.116. The van der Waals surface area contributed by atoms with Gasteiger partial charge in [0.25, 0.3) is 0 Å². The largest absolute Gasteiger partial charge is 0.497 e. The molecule has 1 aliphatic rings. The van der Waals surface area contributed by atoms with Gasteiger partial charge in [-0.25, -0.2) is 0 Å². The summed E-state index contributed by atoms with van der Waals surface area (Å²) in [4.78, 5) is 12.6. The van der Waals surface area contributed by atoms with Gasteiger partial charge in [0.15, 0.2) is 5.78 Å². The molecule has 2 atom stereocenters. The van der Waals surface area contributed by atoms with Gasteiger partial charge >= 0.3 is 0 Å². The standard InChI is InChI=1S/C20H19ClO2/c1-23-16-9-7-14(8-10-16)13-18-17(11-12-19(21)20(18)22)15-5-3-2-4-6-15/h2-10,13,17,19H,11-12H2,1H3. The molecule has 0 bridgehead atoms. The Morgan fingerprint density at radius 2 is 1.74 bits per heavy atom. The Bertz CT molecular complexity index is 704. The first-order valence-corrected chi connectivity index (χ1v) is 8.21. The number of rotatable bonds is 3. The van der Waals surface area contributed by atoms with Crippen molar-refractivity contribution in [2.75, 3.05) is 7.11 Å². The molecule has 3 heteroatoms. The number of ketones is 1. The van der Waals surface area contributed by atoms with E-state index < -0.39 is 5.38 Å². The van der Waals surface area contributed by atoms with Crippen molar-refractivity contribution in [1.82, 2.24) is 0 Å². The summed E-state index contributed by atoms with van der Waals surface area (Å²) >= 11 is 6.22. The molecule has 0 aromatic heterocycles. The minimum absolute atomic E-state index is 0.0441. The molecule has 1 aliphatic carbocycles. The Hall–Kier alpha value is -2.06. The molecule has 3 rings (SSSR count). The van der Waals surface area contributed by atoms with Crippen LogP contribution in [0.3, 0.4) is 0 Å². The van der Waals surface area contributed by atoms with E-state index in [9.17, 15) is 4.79 Å². The molecule has 0 saturated heterocycles. The number of carbonyl (C=O) groups is 1. The first kappa shape index (κ1) is 15.8. The predicted molar refractivity (Wildman–Crippen MR) is 94.0 cm³/mol. The third-order valence-corrected chi connectivity index (χ3v) is 4.71. The molecule has 118 valence electrons. The highest BCUT2D eigenvalue weighted by molar-refractivity contribution is 6.34. The fourth-order valence-electron chi connectivity index (χ4n) is 3.04. The molecule has 2 aromatic rings. The Morgan fingerprint density at radius 1 is 1.04 bits per heavy atom. The molecule has 0 aliphatic heterocycles. The Balaban J connectivity index is 1.98. The molecule has 23 heavy (non-hydrogen) atoms. The molecule has 1 fully saturated rings. The summed E-state index contributed by atoms with van der Waals surface area (Å²) in [6.07, 6.45) is 3.58. The van der Waals surface area contributed by atoms with Crippen LogP contribution in [0.15, 0.2) is 60.2 Å². The fourth-order valence-corrected chi connectivity index (χ4v) is 3.29. The minimum atomic E-state index is -0.417. The summed E-state index contributed by atoms with van der Waals surface area (Å²) < 4.78 is 5.18. The highest BCUT2D eigenvalue weighted by Gasteiger charge is 2.32. The SMILES string of the molecule is COc1ccc(C=C2C(=O)C(Cl)CCC2c2ccccc2)cc1. The fraction of sp³-hybridized carbons (Fsp3) is 0.250. The van der Waals surface area contributed by atoms with Crippen molar-refractivity contribution in [2.24, 2.45) is 0 Å². The van der Waals surface area contributed by atoms with Crippen LogP contribution in [0.2, 0.25) is 0 Å². The molecular formula is C20H19ClO2. The monoisotopic (exact) mass is 326 g/mol. The van der Waals surface area contributed by atoms with Crippen molar-refractivity contribution in [2.45, 2.75) is 24.1 Å². The topological polar surface area (TPSA) is 26.3 Å². The van der Waals surface area contributed by atoms with Crippen molar-refractivity contribution in [3.63, 3.8) is 0 Å². The average molecular weight is 327 g/mol. The lowest BCUT2D eigenvalue weighted by atomic mass is 9.78. The van der Waals surface area contributed by atoms with Crippen molar-refractivity contribution < 1.29 is 9.53 Å². The van der Waals surface area contributed by atoms with Gasteiger partial charge in [-0.2, -0.15) is 0 Å². The van der Waals surface area contributed by atoms with E-state index >= 15 is 0 Å². The minimum Gasteiger partial charge on any atom is -0.497 e. The lowest BCUT2D eigenvalue weighted by Gasteiger charge is -2.27. The van der Waals surface area contributed by atoms with Crippen molar-refractivity contribution in [3.8, 4) is 5.75 Å². The number of benzene rings is 2. The number of carbonyl (C=O) groups excluding carboxylic acids is 1. The molecular weight excluding hydrogens is 308 g/mol. The average Bonchev–Trinajstić information content (AvgIpc) is 2.60. The second-order valence-electron chi connectivity index (χ2n) is 5.75. The summed E-state index contributed by atoms with van der Waals surface area (Å²) in [7, 11) is 1.64. The zero-order valence-electron chi connectivity index (χ0n) is 13.0. The second kappa shape index (κ2) is 7.01. The maximum absolute atomic E-state index is 12.6. The van der Waals surface area contributed by atoms with E-state index in [1.54, 1.807) is 7.11 Å². The van der Waals surface area contributed by atoms with Crippen molar-refractivity contribution in [1.29, 1.82) is 0 Å². The maximum atomic E-state index is 12.6. The molecule has 0 heterocycles.